The number of aliphatic hydroxyl groups is 1. The van der Waals surface area contributed by atoms with Crippen LogP contribution in [0.15, 0.2) is 36.2 Å². The largest absolute Gasteiger partial charge is 0.508 e. The Kier molecular flexibility index (Phi) is 6.17. The van der Waals surface area contributed by atoms with Gasteiger partial charge in [0.1, 0.15) is 17.2 Å². The van der Waals surface area contributed by atoms with Gasteiger partial charge in [0.15, 0.2) is 0 Å². The van der Waals surface area contributed by atoms with Crippen LogP contribution in [0.4, 0.5) is 9.18 Å². The minimum absolute atomic E-state index is 0.0550. The Morgan fingerprint density at radius 2 is 2.00 bits per heavy atom. The van der Waals surface area contributed by atoms with E-state index in [4.69, 9.17) is 9.84 Å². The number of aromatic hydroxyl groups is 1. The standard InChI is InChI=1S/C15H20FNO4/c1-15(2,9-11-3-5-13(19)6-4-11)21-14(20)17-8-7-12(16)10-18/h3-7,18-19H,8-10H2,1-2H3,(H,17,20)/b12-7+. The molecule has 5 nitrogen and oxygen atoms in total. The molecular weight excluding hydrogens is 277 g/mol. The van der Waals surface area contributed by atoms with Crippen molar-refractivity contribution in [1.82, 2.24) is 5.32 Å². The summed E-state index contributed by atoms with van der Waals surface area (Å²) >= 11 is 0. The minimum atomic E-state index is -0.750. The molecule has 0 fully saturated rings. The van der Waals surface area contributed by atoms with Crippen LogP contribution in [0.1, 0.15) is 19.4 Å². The highest BCUT2D eigenvalue weighted by Gasteiger charge is 2.23. The number of nitrogens with one attached hydrogen (secondary N) is 1. The molecule has 0 radical (unpaired) electrons. The highest BCUT2D eigenvalue weighted by atomic mass is 19.1. The van der Waals surface area contributed by atoms with Crippen molar-refractivity contribution in [2.75, 3.05) is 13.2 Å². The van der Waals surface area contributed by atoms with Gasteiger partial charge in [-0.25, -0.2) is 9.18 Å². The first-order valence-electron chi connectivity index (χ1n) is 6.52. The van der Waals surface area contributed by atoms with Crippen molar-refractivity contribution in [3.8, 4) is 5.75 Å². The Bertz CT molecular complexity index is 497. The predicted octanol–water partition coefficient (Wildman–Crippen LogP) is 2.29. The van der Waals surface area contributed by atoms with Crippen LogP contribution in [0.3, 0.4) is 0 Å². The van der Waals surface area contributed by atoms with E-state index in [0.717, 1.165) is 11.6 Å². The fourth-order valence-electron chi connectivity index (χ4n) is 1.74. The third kappa shape index (κ3) is 6.76. The van der Waals surface area contributed by atoms with Crippen LogP contribution in [-0.4, -0.2) is 35.1 Å². The summed E-state index contributed by atoms with van der Waals surface area (Å²) in [5.41, 5.74) is 0.164. The Labute approximate surface area is 123 Å². The number of phenolic OH excluding ortho intramolecular Hbond substituents is 1. The number of amides is 1. The van der Waals surface area contributed by atoms with Gasteiger partial charge in [-0.05, 0) is 37.6 Å². The van der Waals surface area contributed by atoms with Crippen molar-refractivity contribution < 1.29 is 24.1 Å². The summed E-state index contributed by atoms with van der Waals surface area (Å²) in [4.78, 5) is 11.6. The number of hydrogen-bond acceptors (Lipinski definition) is 4. The molecule has 0 aliphatic rings. The van der Waals surface area contributed by atoms with Gasteiger partial charge >= 0.3 is 6.09 Å². The molecule has 0 aliphatic carbocycles. The summed E-state index contributed by atoms with van der Waals surface area (Å²) in [6, 6.07) is 6.62. The van der Waals surface area contributed by atoms with Gasteiger partial charge < -0.3 is 20.3 Å². The van der Waals surface area contributed by atoms with Gasteiger partial charge in [-0.1, -0.05) is 12.1 Å². The lowest BCUT2D eigenvalue weighted by molar-refractivity contribution is 0.0399. The molecule has 0 aliphatic heterocycles. The summed E-state index contributed by atoms with van der Waals surface area (Å²) in [6.07, 6.45) is 0.872. The number of carbonyl (C=O) groups is 1. The number of rotatable bonds is 6. The quantitative estimate of drug-likeness (QED) is 0.752. The zero-order valence-corrected chi connectivity index (χ0v) is 12.1. The smallest absolute Gasteiger partial charge is 0.407 e. The molecule has 1 rings (SSSR count). The van der Waals surface area contributed by atoms with Crippen molar-refractivity contribution in [3.05, 3.63) is 41.7 Å². The van der Waals surface area contributed by atoms with Crippen LogP contribution in [0.2, 0.25) is 0 Å². The molecule has 0 bridgehead atoms. The van der Waals surface area contributed by atoms with E-state index in [-0.39, 0.29) is 12.3 Å². The number of aliphatic hydroxyl groups excluding tert-OH is 1. The van der Waals surface area contributed by atoms with E-state index in [1.165, 1.54) is 0 Å². The Morgan fingerprint density at radius 3 is 2.57 bits per heavy atom. The molecule has 116 valence electrons. The molecule has 1 aromatic carbocycles. The lowest BCUT2D eigenvalue weighted by Crippen LogP contribution is -2.36. The van der Waals surface area contributed by atoms with E-state index in [0.29, 0.717) is 6.42 Å². The van der Waals surface area contributed by atoms with Gasteiger partial charge in [0, 0.05) is 13.0 Å². The lowest BCUT2D eigenvalue weighted by Gasteiger charge is -2.25. The number of halogens is 1. The molecule has 3 N–H and O–H groups in total. The van der Waals surface area contributed by atoms with Crippen molar-refractivity contribution >= 4 is 6.09 Å². The summed E-state index contributed by atoms with van der Waals surface area (Å²) in [5, 5.41) is 20.0. The second kappa shape index (κ2) is 7.64. The molecule has 0 aromatic heterocycles. The first kappa shape index (κ1) is 17.0. The first-order chi connectivity index (χ1) is 9.82. The molecule has 0 saturated carbocycles. The maximum atomic E-state index is 12.6. The van der Waals surface area contributed by atoms with Gasteiger partial charge in [0.05, 0.1) is 6.61 Å². The average Bonchev–Trinajstić information content (AvgIpc) is 2.40. The fraction of sp³-hybridized carbons (Fsp3) is 0.400. The SMILES string of the molecule is CC(C)(Cc1ccc(O)cc1)OC(=O)NC/C=C(/F)CO. The summed E-state index contributed by atoms with van der Waals surface area (Å²) in [5.74, 6) is -0.536. The fourth-order valence-corrected chi connectivity index (χ4v) is 1.74. The van der Waals surface area contributed by atoms with E-state index >= 15 is 0 Å². The lowest BCUT2D eigenvalue weighted by atomic mass is 9.98. The monoisotopic (exact) mass is 297 g/mol. The number of alkyl carbamates (subject to hydrolysis) is 1. The zero-order chi connectivity index (χ0) is 15.9. The minimum Gasteiger partial charge on any atom is -0.508 e. The molecule has 1 amide bonds. The number of benzene rings is 1. The Hall–Kier alpha value is -2.08. The van der Waals surface area contributed by atoms with Crippen LogP contribution >= 0.6 is 0 Å². The normalized spacial score (nSPS) is 12.1. The number of carbonyl (C=O) groups excluding carboxylic acids is 1. The summed E-state index contributed by atoms with van der Waals surface area (Å²) in [6.45, 7) is 2.76. The van der Waals surface area contributed by atoms with Crippen molar-refractivity contribution in [2.24, 2.45) is 0 Å². The third-order valence-electron chi connectivity index (χ3n) is 2.66. The Balaban J connectivity index is 2.47. The third-order valence-corrected chi connectivity index (χ3v) is 2.66. The van der Waals surface area contributed by atoms with Crippen molar-refractivity contribution in [2.45, 2.75) is 25.9 Å². The Morgan fingerprint density at radius 1 is 1.38 bits per heavy atom. The van der Waals surface area contributed by atoms with Gasteiger partial charge in [-0.15, -0.1) is 0 Å². The second-order valence-corrected chi connectivity index (χ2v) is 5.18. The van der Waals surface area contributed by atoms with Crippen LogP contribution in [0.25, 0.3) is 0 Å². The molecule has 6 heteroatoms. The maximum absolute atomic E-state index is 12.6. The second-order valence-electron chi connectivity index (χ2n) is 5.18. The van der Waals surface area contributed by atoms with Crippen molar-refractivity contribution in [1.29, 1.82) is 0 Å². The van der Waals surface area contributed by atoms with E-state index in [2.05, 4.69) is 5.32 Å². The van der Waals surface area contributed by atoms with E-state index < -0.39 is 24.1 Å². The van der Waals surface area contributed by atoms with E-state index in [1.54, 1.807) is 38.1 Å². The van der Waals surface area contributed by atoms with Crippen LogP contribution in [0.5, 0.6) is 5.75 Å². The highest BCUT2D eigenvalue weighted by Crippen LogP contribution is 2.19. The molecule has 0 unspecified atom stereocenters. The molecule has 0 spiro atoms. The van der Waals surface area contributed by atoms with Crippen LogP contribution < -0.4 is 5.32 Å². The number of ether oxygens (including phenoxy) is 1. The molecule has 0 atom stereocenters. The molecule has 0 heterocycles. The summed E-state index contributed by atoms with van der Waals surface area (Å²) < 4.78 is 17.9. The zero-order valence-electron chi connectivity index (χ0n) is 12.1. The maximum Gasteiger partial charge on any atom is 0.407 e. The first-order valence-corrected chi connectivity index (χ1v) is 6.52. The molecule has 0 saturated heterocycles. The molecule has 1 aromatic rings. The van der Waals surface area contributed by atoms with Crippen LogP contribution in [-0.2, 0) is 11.2 Å². The number of phenols is 1. The van der Waals surface area contributed by atoms with Gasteiger partial charge in [-0.2, -0.15) is 0 Å². The average molecular weight is 297 g/mol. The van der Waals surface area contributed by atoms with Crippen LogP contribution in [0, 0.1) is 0 Å². The molecule has 21 heavy (non-hydrogen) atoms. The predicted molar refractivity (Wildman–Crippen MR) is 76.7 cm³/mol. The van der Waals surface area contributed by atoms with Gasteiger partial charge in [0.25, 0.3) is 0 Å². The summed E-state index contributed by atoms with van der Waals surface area (Å²) in [7, 11) is 0. The topological polar surface area (TPSA) is 78.8 Å². The highest BCUT2D eigenvalue weighted by molar-refractivity contribution is 5.67. The molecular formula is C15H20FNO4. The number of hydrogen-bond donors (Lipinski definition) is 3. The van der Waals surface area contributed by atoms with Crippen molar-refractivity contribution in [3.63, 3.8) is 0 Å². The van der Waals surface area contributed by atoms with E-state index in [1.807, 2.05) is 0 Å². The van der Waals surface area contributed by atoms with Gasteiger partial charge in [-0.3, -0.25) is 0 Å². The van der Waals surface area contributed by atoms with E-state index in [9.17, 15) is 14.3 Å². The van der Waals surface area contributed by atoms with Gasteiger partial charge in [0.2, 0.25) is 0 Å².